The molecule has 0 bridgehead atoms. The molecule has 1 fully saturated rings. The van der Waals surface area contributed by atoms with Crippen molar-refractivity contribution in [3.8, 4) is 0 Å². The summed E-state index contributed by atoms with van der Waals surface area (Å²) in [5, 5.41) is 2.91. The quantitative estimate of drug-likeness (QED) is 0.895. The molecule has 1 amide bonds. The van der Waals surface area contributed by atoms with Crippen LogP contribution in [-0.4, -0.2) is 32.7 Å². The second-order valence-corrected chi connectivity index (χ2v) is 8.71. The molecule has 7 heteroatoms. The molecule has 2 aliphatic heterocycles. The second kappa shape index (κ2) is 6.78. The Morgan fingerprint density at radius 2 is 1.96 bits per heavy atom. The van der Waals surface area contributed by atoms with Gasteiger partial charge < -0.3 is 10.2 Å². The summed E-state index contributed by atoms with van der Waals surface area (Å²) in [6.45, 7) is 6.75. The van der Waals surface area contributed by atoms with Gasteiger partial charge in [0, 0.05) is 24.6 Å². The zero-order chi connectivity index (χ0) is 18.2. The molecule has 25 heavy (non-hydrogen) atoms. The zero-order valence-corrected chi connectivity index (χ0v) is 15.8. The molecular weight excluding hydrogens is 338 g/mol. The van der Waals surface area contributed by atoms with E-state index in [-0.39, 0.29) is 16.8 Å². The first kappa shape index (κ1) is 17.9. The van der Waals surface area contributed by atoms with E-state index in [4.69, 9.17) is 0 Å². The van der Waals surface area contributed by atoms with Gasteiger partial charge in [-0.2, -0.15) is 8.42 Å². The van der Waals surface area contributed by atoms with Crippen LogP contribution in [0.2, 0.25) is 0 Å². The highest BCUT2D eigenvalue weighted by atomic mass is 32.2. The lowest BCUT2D eigenvalue weighted by Crippen LogP contribution is -2.37. The fourth-order valence-corrected chi connectivity index (χ4v) is 4.36. The Balaban J connectivity index is 1.97. The Kier molecular flexibility index (Phi) is 4.86. The first-order chi connectivity index (χ1) is 11.8. The van der Waals surface area contributed by atoms with Gasteiger partial charge >= 0.3 is 0 Å². The van der Waals surface area contributed by atoms with Crippen molar-refractivity contribution in [2.24, 2.45) is 10.3 Å². The molecule has 0 spiro atoms. The molecule has 1 aromatic carbocycles. The van der Waals surface area contributed by atoms with E-state index in [9.17, 15) is 13.2 Å². The van der Waals surface area contributed by atoms with Crippen LogP contribution in [0.5, 0.6) is 0 Å². The van der Waals surface area contributed by atoms with Gasteiger partial charge in [-0.1, -0.05) is 20.3 Å². The lowest BCUT2D eigenvalue weighted by molar-refractivity contribution is 0.0930. The van der Waals surface area contributed by atoms with E-state index < -0.39 is 10.0 Å². The predicted octanol–water partition coefficient (Wildman–Crippen LogP) is 2.94. The van der Waals surface area contributed by atoms with Crippen LogP contribution in [0.25, 0.3) is 0 Å². The minimum atomic E-state index is -3.76. The highest BCUT2D eigenvalue weighted by molar-refractivity contribution is 7.90. The molecule has 0 unspecified atom stereocenters. The third-order valence-corrected chi connectivity index (χ3v) is 6.30. The number of amidine groups is 1. The van der Waals surface area contributed by atoms with E-state index in [1.807, 2.05) is 25.7 Å². The number of fused-ring (bicyclic) bond motifs is 3. The van der Waals surface area contributed by atoms with Crippen molar-refractivity contribution in [3.63, 3.8) is 0 Å². The average Bonchev–Trinajstić information content (AvgIpc) is 2.79. The molecule has 1 atom stereocenters. The second-order valence-electron chi connectivity index (χ2n) is 7.13. The summed E-state index contributed by atoms with van der Waals surface area (Å²) in [6.07, 6.45) is 3.70. The molecule has 0 radical (unpaired) electrons. The molecule has 0 aromatic heterocycles. The fourth-order valence-electron chi connectivity index (χ4n) is 3.08. The number of hydrogen-bond acceptors (Lipinski definition) is 4. The van der Waals surface area contributed by atoms with Crippen LogP contribution in [0.3, 0.4) is 0 Å². The van der Waals surface area contributed by atoms with Crippen molar-refractivity contribution < 1.29 is 13.2 Å². The lowest BCUT2D eigenvalue weighted by atomic mass is 10.1. The molecule has 0 aliphatic carbocycles. The van der Waals surface area contributed by atoms with Crippen LogP contribution in [0.1, 0.15) is 56.8 Å². The summed E-state index contributed by atoms with van der Waals surface area (Å²) < 4.78 is 29.2. The highest BCUT2D eigenvalue weighted by Crippen LogP contribution is 2.35. The summed E-state index contributed by atoms with van der Waals surface area (Å²) in [4.78, 5) is 14.6. The summed E-state index contributed by atoms with van der Waals surface area (Å²) in [5.41, 5.74) is 0.989. The van der Waals surface area contributed by atoms with Crippen molar-refractivity contribution in [2.75, 3.05) is 11.4 Å². The van der Waals surface area contributed by atoms with Gasteiger partial charge in [0.15, 0.2) is 0 Å². The number of benzene rings is 1. The Hall–Kier alpha value is -1.89. The maximum absolute atomic E-state index is 12.6. The van der Waals surface area contributed by atoms with Crippen LogP contribution >= 0.6 is 0 Å². The number of hydrogen-bond donors (Lipinski definition) is 1. The van der Waals surface area contributed by atoms with E-state index in [2.05, 4.69) is 9.71 Å². The van der Waals surface area contributed by atoms with E-state index >= 15 is 0 Å². The Labute approximate surface area is 149 Å². The van der Waals surface area contributed by atoms with E-state index in [1.165, 1.54) is 6.07 Å². The number of anilines is 1. The summed E-state index contributed by atoms with van der Waals surface area (Å²) >= 11 is 0. The number of nitrogens with one attached hydrogen (secondary N) is 1. The van der Waals surface area contributed by atoms with Crippen molar-refractivity contribution in [2.45, 2.75) is 57.4 Å². The van der Waals surface area contributed by atoms with Gasteiger partial charge in [-0.25, -0.2) is 0 Å². The number of carbonyl (C=O) groups is 1. The van der Waals surface area contributed by atoms with Gasteiger partial charge in [0.1, 0.15) is 10.7 Å². The van der Waals surface area contributed by atoms with Gasteiger partial charge in [-0.05, 0) is 43.9 Å². The van der Waals surface area contributed by atoms with Crippen LogP contribution in [0.15, 0.2) is 27.5 Å². The number of amides is 1. The first-order valence-electron chi connectivity index (χ1n) is 8.86. The largest absolute Gasteiger partial charge is 0.349 e. The molecule has 0 saturated carbocycles. The molecule has 2 aliphatic rings. The molecule has 1 saturated heterocycles. The molecule has 6 nitrogen and oxygen atoms in total. The van der Waals surface area contributed by atoms with Gasteiger partial charge in [0.25, 0.3) is 15.9 Å². The SMILES string of the molecule is CC(C)[C@@H](C)NC(=O)c1ccc2c(c1)S(=O)(=O)N=C1CCCCCN12. The molecule has 1 aromatic rings. The van der Waals surface area contributed by atoms with Crippen molar-refractivity contribution in [3.05, 3.63) is 23.8 Å². The molecule has 1 N–H and O–H groups in total. The fraction of sp³-hybridized carbons (Fsp3) is 0.556. The number of sulfonamides is 1. The number of nitrogens with zero attached hydrogens (tertiary/aromatic N) is 2. The van der Waals surface area contributed by atoms with Crippen LogP contribution in [0.4, 0.5) is 5.69 Å². The third kappa shape index (κ3) is 3.56. The van der Waals surface area contributed by atoms with Crippen LogP contribution in [-0.2, 0) is 10.0 Å². The van der Waals surface area contributed by atoms with Crippen molar-refractivity contribution in [1.29, 1.82) is 0 Å². The normalized spacial score (nSPS) is 20.2. The van der Waals surface area contributed by atoms with Crippen LogP contribution < -0.4 is 10.2 Å². The first-order valence-corrected chi connectivity index (χ1v) is 10.3. The Morgan fingerprint density at radius 1 is 1.20 bits per heavy atom. The molecule has 2 heterocycles. The van der Waals surface area contributed by atoms with Crippen molar-refractivity contribution >= 4 is 27.5 Å². The minimum Gasteiger partial charge on any atom is -0.349 e. The zero-order valence-electron chi connectivity index (χ0n) is 14.9. The monoisotopic (exact) mass is 363 g/mol. The van der Waals surface area contributed by atoms with Gasteiger partial charge in [0.2, 0.25) is 0 Å². The standard InChI is InChI=1S/C18H25N3O3S/c1-12(2)13(3)19-18(22)14-8-9-15-16(11-14)25(23,24)20-17-7-5-4-6-10-21(15)17/h8-9,11-13H,4-7,10H2,1-3H3,(H,19,22)/t13-/m1/s1. The molecule has 3 rings (SSSR count). The highest BCUT2D eigenvalue weighted by Gasteiger charge is 2.32. The number of carbonyl (C=O) groups excluding carboxylic acids is 1. The number of rotatable bonds is 3. The van der Waals surface area contributed by atoms with E-state index in [0.29, 0.717) is 29.4 Å². The maximum Gasteiger partial charge on any atom is 0.286 e. The minimum absolute atomic E-state index is 0.00960. The lowest BCUT2D eigenvalue weighted by Gasteiger charge is -2.29. The van der Waals surface area contributed by atoms with Crippen LogP contribution in [0, 0.1) is 5.92 Å². The van der Waals surface area contributed by atoms with E-state index in [0.717, 1.165) is 25.8 Å². The summed E-state index contributed by atoms with van der Waals surface area (Å²) in [7, 11) is -3.76. The smallest absolute Gasteiger partial charge is 0.286 e. The van der Waals surface area contributed by atoms with Gasteiger partial charge in [0.05, 0.1) is 5.69 Å². The Morgan fingerprint density at radius 3 is 2.68 bits per heavy atom. The maximum atomic E-state index is 12.6. The van der Waals surface area contributed by atoms with E-state index in [1.54, 1.807) is 12.1 Å². The van der Waals surface area contributed by atoms with Gasteiger partial charge in [-0.15, -0.1) is 4.40 Å². The average molecular weight is 363 g/mol. The molecule has 136 valence electrons. The summed E-state index contributed by atoms with van der Waals surface area (Å²) in [6, 6.07) is 4.90. The third-order valence-electron chi connectivity index (χ3n) is 4.97. The Bertz CT molecular complexity index is 815. The van der Waals surface area contributed by atoms with Gasteiger partial charge in [-0.3, -0.25) is 4.79 Å². The topological polar surface area (TPSA) is 78.8 Å². The summed E-state index contributed by atoms with van der Waals surface area (Å²) in [5.74, 6) is 0.662. The van der Waals surface area contributed by atoms with Crippen molar-refractivity contribution in [1.82, 2.24) is 5.32 Å². The molecular formula is C18H25N3O3S. The predicted molar refractivity (Wildman–Crippen MR) is 98.6 cm³/mol.